The minimum Gasteiger partial charge on any atom is -0.339 e. The van der Waals surface area contributed by atoms with E-state index in [9.17, 15) is 32.6 Å². The van der Waals surface area contributed by atoms with Crippen molar-refractivity contribution in [1.29, 1.82) is 15.8 Å². The van der Waals surface area contributed by atoms with Crippen molar-refractivity contribution in [3.05, 3.63) is 138 Å². The molecular formula is C43H30N10O6S3. The number of anilines is 4. The molecule has 0 radical (unpaired) electrons. The zero-order valence-corrected chi connectivity index (χ0v) is 35.2. The lowest BCUT2D eigenvalue weighted by Gasteiger charge is -2.16. The Morgan fingerprint density at radius 3 is 1.77 bits per heavy atom. The molecule has 0 bridgehead atoms. The van der Waals surface area contributed by atoms with Crippen molar-refractivity contribution < 1.29 is 25.2 Å². The molecule has 0 amide bonds. The Morgan fingerprint density at radius 1 is 0.613 bits per heavy atom. The van der Waals surface area contributed by atoms with Crippen LogP contribution in [0.5, 0.6) is 0 Å². The summed E-state index contributed by atoms with van der Waals surface area (Å²) in [6.07, 6.45) is 0. The minimum atomic E-state index is -3.99. The number of nitrogens with one attached hydrogen (secondary N) is 2. The van der Waals surface area contributed by atoms with Crippen molar-refractivity contribution in [3.63, 3.8) is 0 Å². The zero-order chi connectivity index (χ0) is 44.0. The second kappa shape index (κ2) is 17.9. The summed E-state index contributed by atoms with van der Waals surface area (Å²) >= 11 is 1.04. The number of nitriles is 3. The fourth-order valence-corrected chi connectivity index (χ4v) is 8.36. The predicted octanol–water partition coefficient (Wildman–Crippen LogP) is 10.9. The normalized spacial score (nSPS) is 11.7. The molecule has 2 aromatic heterocycles. The van der Waals surface area contributed by atoms with Crippen LogP contribution in [0.3, 0.4) is 0 Å². The van der Waals surface area contributed by atoms with Crippen LogP contribution in [-0.4, -0.2) is 36.0 Å². The van der Waals surface area contributed by atoms with Gasteiger partial charge in [-0.1, -0.05) is 59.9 Å². The van der Waals surface area contributed by atoms with E-state index in [1.54, 1.807) is 31.2 Å². The highest BCUT2D eigenvalue weighted by atomic mass is 32.2. The standard InChI is InChI=1S/C43H30N10O6S3/c1-26-35(24-45)40(47-31-14-18-33(19-15-31)61(54,55)58-2)49-41(48-32-16-20-34(21-17-32)62(56,57)59-3)39(26)51-52-42-36(25-46)38(29-13-12-27-8-4-5-9-28(27)22-29)43(60-42)53-50-37-11-7-6-10-30(37)23-44/h4-22H,1-3H3,(H2,47,48,49). The van der Waals surface area contributed by atoms with E-state index >= 15 is 0 Å². The molecule has 0 saturated carbocycles. The molecule has 0 spiro atoms. The van der Waals surface area contributed by atoms with Gasteiger partial charge in [-0.15, -0.1) is 20.5 Å². The van der Waals surface area contributed by atoms with Crippen molar-refractivity contribution in [2.24, 2.45) is 20.5 Å². The Kier molecular flexibility index (Phi) is 12.2. The average molecular weight is 879 g/mol. The molecule has 5 aromatic carbocycles. The van der Waals surface area contributed by atoms with Crippen molar-refractivity contribution in [1.82, 2.24) is 4.98 Å². The topological polar surface area (TPSA) is 245 Å². The predicted molar refractivity (Wildman–Crippen MR) is 233 cm³/mol. The number of aromatic nitrogens is 1. The molecule has 7 aromatic rings. The van der Waals surface area contributed by atoms with Crippen LogP contribution in [0.25, 0.3) is 21.9 Å². The van der Waals surface area contributed by atoms with E-state index in [1.165, 1.54) is 48.5 Å². The van der Waals surface area contributed by atoms with Crippen LogP contribution in [0.4, 0.5) is 44.4 Å². The molecule has 0 saturated heterocycles. The van der Waals surface area contributed by atoms with Gasteiger partial charge in [-0.3, -0.25) is 8.37 Å². The number of azo groups is 2. The molecule has 0 aliphatic rings. The first kappa shape index (κ1) is 42.4. The van der Waals surface area contributed by atoms with Gasteiger partial charge in [0.1, 0.15) is 40.1 Å². The van der Waals surface area contributed by atoms with Crippen molar-refractivity contribution in [2.75, 3.05) is 24.9 Å². The highest BCUT2D eigenvalue weighted by Gasteiger charge is 2.23. The number of benzene rings is 5. The molecule has 0 aliphatic heterocycles. The highest BCUT2D eigenvalue weighted by Crippen LogP contribution is 2.49. The summed E-state index contributed by atoms with van der Waals surface area (Å²) in [6.45, 7) is 1.62. The Balaban J connectivity index is 1.37. The van der Waals surface area contributed by atoms with Gasteiger partial charge < -0.3 is 10.6 Å². The molecule has 0 unspecified atom stereocenters. The molecule has 16 nitrogen and oxygen atoms in total. The maximum Gasteiger partial charge on any atom is 0.296 e. The van der Waals surface area contributed by atoms with Gasteiger partial charge in [-0.25, -0.2) is 4.98 Å². The van der Waals surface area contributed by atoms with Crippen LogP contribution in [-0.2, 0) is 28.6 Å². The first-order valence-electron chi connectivity index (χ1n) is 18.1. The van der Waals surface area contributed by atoms with E-state index in [-0.39, 0.29) is 43.2 Å². The minimum absolute atomic E-state index is 0.0637. The zero-order valence-electron chi connectivity index (χ0n) is 32.7. The summed E-state index contributed by atoms with van der Waals surface area (Å²) in [6, 6.07) is 37.9. The fraction of sp³-hybridized carbons (Fsp3) is 0.0698. The Labute approximate surface area is 360 Å². The quantitative estimate of drug-likeness (QED) is 0.0811. The molecule has 0 fully saturated rings. The van der Waals surface area contributed by atoms with E-state index in [0.29, 0.717) is 44.3 Å². The lowest BCUT2D eigenvalue weighted by Crippen LogP contribution is -2.05. The molecule has 19 heteroatoms. The third-order valence-corrected chi connectivity index (χ3v) is 12.8. The molecule has 0 aliphatic carbocycles. The highest BCUT2D eigenvalue weighted by molar-refractivity contribution is 7.87. The number of thiophene rings is 1. The number of fused-ring (bicyclic) bond motifs is 1. The van der Waals surface area contributed by atoms with Gasteiger partial charge in [-0.2, -0.15) is 32.6 Å². The molecular weight excluding hydrogens is 849 g/mol. The van der Waals surface area contributed by atoms with Gasteiger partial charge in [0.05, 0.1) is 35.1 Å². The van der Waals surface area contributed by atoms with Crippen LogP contribution in [0.2, 0.25) is 0 Å². The number of rotatable bonds is 13. The van der Waals surface area contributed by atoms with E-state index in [2.05, 4.69) is 57.7 Å². The maximum atomic E-state index is 12.3. The van der Waals surface area contributed by atoms with Gasteiger partial charge in [0.15, 0.2) is 16.6 Å². The van der Waals surface area contributed by atoms with Gasteiger partial charge in [-0.05, 0) is 90.0 Å². The third-order valence-electron chi connectivity index (χ3n) is 9.31. The summed E-state index contributed by atoms with van der Waals surface area (Å²) in [5, 5.41) is 57.3. The number of nitrogens with zero attached hydrogens (tertiary/aromatic N) is 8. The van der Waals surface area contributed by atoms with Crippen molar-refractivity contribution in [2.45, 2.75) is 16.7 Å². The molecule has 2 heterocycles. The summed E-state index contributed by atoms with van der Waals surface area (Å²) < 4.78 is 58.3. The summed E-state index contributed by atoms with van der Waals surface area (Å²) in [4.78, 5) is 4.52. The van der Waals surface area contributed by atoms with E-state index in [0.717, 1.165) is 36.3 Å². The Bertz CT molecular complexity index is 3300. The molecule has 62 heavy (non-hydrogen) atoms. The molecule has 7 rings (SSSR count). The summed E-state index contributed by atoms with van der Waals surface area (Å²) in [7, 11) is -5.85. The van der Waals surface area contributed by atoms with Crippen LogP contribution in [0.15, 0.2) is 146 Å². The van der Waals surface area contributed by atoms with Crippen molar-refractivity contribution >= 4 is 86.7 Å². The Hall–Kier alpha value is -7.70. The van der Waals surface area contributed by atoms with E-state index in [1.807, 2.05) is 42.5 Å². The molecule has 0 atom stereocenters. The second-order valence-electron chi connectivity index (χ2n) is 13.0. The van der Waals surface area contributed by atoms with Gasteiger partial charge in [0, 0.05) is 22.5 Å². The molecule has 2 N–H and O–H groups in total. The monoisotopic (exact) mass is 878 g/mol. The van der Waals surface area contributed by atoms with E-state index < -0.39 is 20.2 Å². The number of hydrogen-bond acceptors (Lipinski definition) is 17. The third kappa shape index (κ3) is 8.77. The van der Waals surface area contributed by atoms with Crippen LogP contribution in [0.1, 0.15) is 22.3 Å². The first-order valence-corrected chi connectivity index (χ1v) is 21.7. The first-order chi connectivity index (χ1) is 29.9. The summed E-state index contributed by atoms with van der Waals surface area (Å²) in [5.74, 6) is 0.145. The SMILES string of the molecule is COS(=O)(=O)c1ccc(Nc2nc(Nc3ccc(S(=O)(=O)OC)cc3)c(N=Nc3sc(N=Nc4ccccc4C#N)c(-c4ccc5ccccc5c4)c3C#N)c(C)c2C#N)cc1. The van der Waals surface area contributed by atoms with Gasteiger partial charge in [0.25, 0.3) is 20.2 Å². The van der Waals surface area contributed by atoms with E-state index in [4.69, 9.17) is 4.98 Å². The van der Waals surface area contributed by atoms with Crippen LogP contribution >= 0.6 is 11.3 Å². The smallest absolute Gasteiger partial charge is 0.296 e. The molecule has 306 valence electrons. The Morgan fingerprint density at radius 2 is 1.18 bits per heavy atom. The average Bonchev–Trinajstić information content (AvgIpc) is 3.65. The van der Waals surface area contributed by atoms with Gasteiger partial charge in [0.2, 0.25) is 0 Å². The largest absolute Gasteiger partial charge is 0.339 e. The van der Waals surface area contributed by atoms with Gasteiger partial charge >= 0.3 is 0 Å². The number of hydrogen-bond donors (Lipinski definition) is 2. The maximum absolute atomic E-state index is 12.3. The van der Waals surface area contributed by atoms with Crippen LogP contribution < -0.4 is 10.6 Å². The second-order valence-corrected chi connectivity index (χ2v) is 17.4. The summed E-state index contributed by atoms with van der Waals surface area (Å²) in [5.41, 5.74) is 3.11. The lowest BCUT2D eigenvalue weighted by molar-refractivity contribution is 0.396. The lowest BCUT2D eigenvalue weighted by atomic mass is 10.00. The fourth-order valence-electron chi connectivity index (χ4n) is 6.12. The number of pyridine rings is 1. The van der Waals surface area contributed by atoms with Crippen molar-refractivity contribution in [3.8, 4) is 29.3 Å². The van der Waals surface area contributed by atoms with Crippen LogP contribution in [0, 0.1) is 40.9 Å².